The Bertz CT molecular complexity index is 510. The van der Waals surface area contributed by atoms with Gasteiger partial charge in [0.25, 0.3) is 0 Å². The largest absolute Gasteiger partial charge is 0.467 e. The fraction of sp³-hybridized carbons (Fsp3) is 0.300. The van der Waals surface area contributed by atoms with E-state index < -0.39 is 12.0 Å². The van der Waals surface area contributed by atoms with Crippen LogP contribution in [0.15, 0.2) is 24.5 Å². The first-order chi connectivity index (χ1) is 8.22. The molecule has 0 spiro atoms. The molecule has 17 heavy (non-hydrogen) atoms. The minimum Gasteiger partial charge on any atom is -0.467 e. The molecule has 7 nitrogen and oxygen atoms in total. The fourth-order valence-corrected chi connectivity index (χ4v) is 1.26. The zero-order chi connectivity index (χ0) is 12.3. The van der Waals surface area contributed by atoms with Crippen molar-refractivity contribution in [2.45, 2.75) is 13.0 Å². The van der Waals surface area contributed by atoms with E-state index in [9.17, 15) is 4.79 Å². The van der Waals surface area contributed by atoms with Gasteiger partial charge >= 0.3 is 5.97 Å². The van der Waals surface area contributed by atoms with Crippen molar-refractivity contribution in [3.8, 4) is 11.4 Å². The van der Waals surface area contributed by atoms with Crippen LogP contribution >= 0.6 is 0 Å². The second-order valence-electron chi connectivity index (χ2n) is 3.37. The fourth-order valence-electron chi connectivity index (χ4n) is 1.26. The molecular formula is C10H11N5O2. The number of methoxy groups -OCH3 is 1. The van der Waals surface area contributed by atoms with E-state index in [0.29, 0.717) is 5.82 Å². The number of hydrogen-bond acceptors (Lipinski definition) is 6. The first-order valence-electron chi connectivity index (χ1n) is 5.00. The molecule has 2 rings (SSSR count). The molecule has 0 aliphatic rings. The first-order valence-corrected chi connectivity index (χ1v) is 5.00. The molecule has 0 saturated carbocycles. The molecule has 2 heterocycles. The summed E-state index contributed by atoms with van der Waals surface area (Å²) < 4.78 is 4.60. The van der Waals surface area contributed by atoms with Crippen molar-refractivity contribution in [1.82, 2.24) is 25.2 Å². The second-order valence-corrected chi connectivity index (χ2v) is 3.37. The quantitative estimate of drug-likeness (QED) is 0.716. The number of rotatable bonds is 3. The maximum atomic E-state index is 11.3. The molecule has 2 aromatic heterocycles. The van der Waals surface area contributed by atoms with E-state index in [-0.39, 0.29) is 0 Å². The van der Waals surface area contributed by atoms with Gasteiger partial charge in [-0.2, -0.15) is 0 Å². The summed E-state index contributed by atoms with van der Waals surface area (Å²) in [5, 5.41) is 11.8. The Hall–Kier alpha value is -2.31. The lowest BCUT2D eigenvalue weighted by Crippen LogP contribution is -2.20. The molecule has 0 saturated heterocycles. The Morgan fingerprint density at radius 3 is 3.00 bits per heavy atom. The van der Waals surface area contributed by atoms with E-state index in [1.165, 1.54) is 11.9 Å². The zero-order valence-corrected chi connectivity index (χ0v) is 9.44. The van der Waals surface area contributed by atoms with Crippen LogP contribution in [0.3, 0.4) is 0 Å². The molecule has 0 aromatic carbocycles. The Balaban J connectivity index is 2.25. The van der Waals surface area contributed by atoms with Crippen LogP contribution in [0.1, 0.15) is 13.0 Å². The predicted molar refractivity (Wildman–Crippen MR) is 57.8 cm³/mol. The van der Waals surface area contributed by atoms with Gasteiger partial charge in [0.1, 0.15) is 0 Å². The van der Waals surface area contributed by atoms with Crippen LogP contribution in [0, 0.1) is 0 Å². The molecule has 7 heteroatoms. The average Bonchev–Trinajstić information content (AvgIpc) is 2.87. The average molecular weight is 233 g/mol. The number of hydrogen-bond donors (Lipinski definition) is 0. The molecule has 1 unspecified atom stereocenters. The number of carbonyl (C=O) groups is 1. The van der Waals surface area contributed by atoms with Gasteiger partial charge in [-0.15, -0.1) is 15.0 Å². The highest BCUT2D eigenvalue weighted by atomic mass is 16.5. The Morgan fingerprint density at radius 1 is 1.53 bits per heavy atom. The third kappa shape index (κ3) is 2.27. The maximum Gasteiger partial charge on any atom is 0.332 e. The molecule has 0 radical (unpaired) electrons. The number of carbonyl (C=O) groups excluding carboxylic acids is 1. The lowest BCUT2D eigenvalue weighted by Gasteiger charge is -2.05. The number of aromatic nitrogens is 5. The van der Waals surface area contributed by atoms with Gasteiger partial charge < -0.3 is 4.74 Å². The lowest BCUT2D eigenvalue weighted by molar-refractivity contribution is -0.144. The molecule has 0 bridgehead atoms. The molecule has 0 aliphatic heterocycles. The smallest absolute Gasteiger partial charge is 0.332 e. The van der Waals surface area contributed by atoms with Gasteiger partial charge in [0.05, 0.1) is 7.11 Å². The van der Waals surface area contributed by atoms with Crippen LogP contribution in [0.2, 0.25) is 0 Å². The van der Waals surface area contributed by atoms with Crippen molar-refractivity contribution in [2.24, 2.45) is 0 Å². The highest BCUT2D eigenvalue weighted by molar-refractivity contribution is 5.73. The highest BCUT2D eigenvalue weighted by Crippen LogP contribution is 2.12. The van der Waals surface area contributed by atoms with Gasteiger partial charge in [-0.05, 0) is 24.3 Å². The zero-order valence-electron chi connectivity index (χ0n) is 9.44. The maximum absolute atomic E-state index is 11.3. The first kappa shape index (κ1) is 11.2. The summed E-state index contributed by atoms with van der Waals surface area (Å²) in [6, 6.07) is 3.00. The highest BCUT2D eigenvalue weighted by Gasteiger charge is 2.18. The second kappa shape index (κ2) is 4.69. The van der Waals surface area contributed by atoms with E-state index in [4.69, 9.17) is 0 Å². The van der Waals surface area contributed by atoms with Gasteiger partial charge in [-0.25, -0.2) is 4.79 Å². The molecule has 0 aliphatic carbocycles. The number of esters is 1. The van der Waals surface area contributed by atoms with Crippen LogP contribution in [0.5, 0.6) is 0 Å². The van der Waals surface area contributed by atoms with E-state index in [0.717, 1.165) is 5.56 Å². The molecule has 0 N–H and O–H groups in total. The molecule has 1 atom stereocenters. The van der Waals surface area contributed by atoms with Gasteiger partial charge in [-0.1, -0.05) is 0 Å². The van der Waals surface area contributed by atoms with E-state index in [1.807, 2.05) is 6.07 Å². The van der Waals surface area contributed by atoms with Crippen LogP contribution < -0.4 is 0 Å². The summed E-state index contributed by atoms with van der Waals surface area (Å²) in [7, 11) is 1.32. The normalized spacial score (nSPS) is 12.1. The summed E-state index contributed by atoms with van der Waals surface area (Å²) in [6.45, 7) is 1.64. The number of ether oxygens (including phenoxy) is 1. The summed E-state index contributed by atoms with van der Waals surface area (Å²) >= 11 is 0. The predicted octanol–water partition coefficient (Wildman–Crippen LogP) is 0.469. The topological polar surface area (TPSA) is 82.8 Å². The van der Waals surface area contributed by atoms with Gasteiger partial charge in [-0.3, -0.25) is 4.98 Å². The van der Waals surface area contributed by atoms with Crippen molar-refractivity contribution >= 4 is 5.97 Å². The number of nitrogens with zero attached hydrogens (tertiary/aromatic N) is 5. The minimum absolute atomic E-state index is 0.417. The monoisotopic (exact) mass is 233 g/mol. The molecule has 0 fully saturated rings. The minimum atomic E-state index is -0.599. The molecule has 0 amide bonds. The van der Waals surface area contributed by atoms with Gasteiger partial charge in [0.2, 0.25) is 5.82 Å². The summed E-state index contributed by atoms with van der Waals surface area (Å²) in [5.74, 6) is 0.00832. The Labute approximate surface area is 97.4 Å². The molecule has 2 aromatic rings. The van der Waals surface area contributed by atoms with Gasteiger partial charge in [0.15, 0.2) is 6.04 Å². The number of tetrazole rings is 1. The van der Waals surface area contributed by atoms with Crippen LogP contribution in [-0.2, 0) is 9.53 Å². The van der Waals surface area contributed by atoms with Crippen LogP contribution in [0.4, 0.5) is 0 Å². The Morgan fingerprint density at radius 2 is 2.35 bits per heavy atom. The number of pyridine rings is 1. The van der Waals surface area contributed by atoms with E-state index in [2.05, 4.69) is 25.1 Å². The SMILES string of the molecule is COC(=O)C(C)n1nnc(-c2cccnc2)n1. The van der Waals surface area contributed by atoms with Crippen molar-refractivity contribution < 1.29 is 9.53 Å². The third-order valence-electron chi connectivity index (χ3n) is 2.24. The van der Waals surface area contributed by atoms with Crippen molar-refractivity contribution in [2.75, 3.05) is 7.11 Å². The molecular weight excluding hydrogens is 222 g/mol. The third-order valence-corrected chi connectivity index (χ3v) is 2.24. The summed E-state index contributed by atoms with van der Waals surface area (Å²) in [6.07, 6.45) is 3.29. The summed E-state index contributed by atoms with van der Waals surface area (Å²) in [4.78, 5) is 16.5. The van der Waals surface area contributed by atoms with Crippen molar-refractivity contribution in [3.05, 3.63) is 24.5 Å². The summed E-state index contributed by atoms with van der Waals surface area (Å²) in [5.41, 5.74) is 0.746. The van der Waals surface area contributed by atoms with Crippen LogP contribution in [0.25, 0.3) is 11.4 Å². The van der Waals surface area contributed by atoms with Crippen LogP contribution in [-0.4, -0.2) is 38.3 Å². The molecule has 88 valence electrons. The van der Waals surface area contributed by atoms with Crippen molar-refractivity contribution in [3.63, 3.8) is 0 Å². The van der Waals surface area contributed by atoms with E-state index in [1.54, 1.807) is 25.4 Å². The lowest BCUT2D eigenvalue weighted by atomic mass is 10.3. The standard InChI is InChI=1S/C10H11N5O2/c1-7(10(16)17-2)15-13-9(12-14-15)8-4-3-5-11-6-8/h3-7H,1-2H3. The van der Waals surface area contributed by atoms with E-state index >= 15 is 0 Å². The van der Waals surface area contributed by atoms with Gasteiger partial charge in [0, 0.05) is 18.0 Å². The Kier molecular flexibility index (Phi) is 3.08. The van der Waals surface area contributed by atoms with Crippen molar-refractivity contribution in [1.29, 1.82) is 0 Å².